The highest BCUT2D eigenvalue weighted by Gasteiger charge is 2.12. The Labute approximate surface area is 98.3 Å². The van der Waals surface area contributed by atoms with Crippen LogP contribution in [0.2, 0.25) is 0 Å². The van der Waals surface area contributed by atoms with Crippen LogP contribution in [-0.2, 0) is 7.05 Å². The van der Waals surface area contributed by atoms with Crippen LogP contribution in [0, 0.1) is 5.82 Å². The monoisotopic (exact) mass is 226 g/mol. The van der Waals surface area contributed by atoms with E-state index >= 15 is 0 Å². The number of hydrogen-bond donors (Lipinski definition) is 0. The smallest absolute Gasteiger partial charge is 0.149 e. The van der Waals surface area contributed by atoms with Gasteiger partial charge < -0.3 is 0 Å². The summed E-state index contributed by atoms with van der Waals surface area (Å²) in [6.07, 6.45) is 0. The minimum absolute atomic E-state index is 0.236. The number of benzene rings is 2. The molecule has 0 atom stereocenters. The van der Waals surface area contributed by atoms with Crippen LogP contribution < -0.4 is 0 Å². The second-order valence-corrected chi connectivity index (χ2v) is 3.97. The Balaban J connectivity index is 2.36. The third-order valence-corrected chi connectivity index (χ3v) is 2.86. The van der Waals surface area contributed by atoms with Crippen LogP contribution in [0.3, 0.4) is 0 Å². The standard InChI is InChI=1S/C14H11FN2/c1-17-14-11(8-5-9-12(14)15)13(16-17)10-6-3-2-4-7-10/h2-9H,1H3. The summed E-state index contributed by atoms with van der Waals surface area (Å²) < 4.78 is 15.3. The fourth-order valence-electron chi connectivity index (χ4n) is 2.10. The lowest BCUT2D eigenvalue weighted by Crippen LogP contribution is -1.91. The molecule has 0 saturated carbocycles. The average molecular weight is 226 g/mol. The molecule has 2 aromatic carbocycles. The van der Waals surface area contributed by atoms with E-state index in [-0.39, 0.29) is 5.82 Å². The number of aryl methyl sites for hydroxylation is 1. The van der Waals surface area contributed by atoms with Gasteiger partial charge in [-0.05, 0) is 6.07 Å². The minimum Gasteiger partial charge on any atom is -0.264 e. The van der Waals surface area contributed by atoms with Gasteiger partial charge in [0.25, 0.3) is 0 Å². The molecular formula is C14H11FN2. The molecule has 0 spiro atoms. The largest absolute Gasteiger partial charge is 0.264 e. The Morgan fingerprint density at radius 2 is 1.76 bits per heavy atom. The Morgan fingerprint density at radius 1 is 1.00 bits per heavy atom. The van der Waals surface area contributed by atoms with Gasteiger partial charge in [-0.3, -0.25) is 4.68 Å². The van der Waals surface area contributed by atoms with Crippen LogP contribution in [0.15, 0.2) is 48.5 Å². The fraction of sp³-hybridized carbons (Fsp3) is 0.0714. The molecule has 3 rings (SSSR count). The van der Waals surface area contributed by atoms with E-state index in [4.69, 9.17) is 0 Å². The van der Waals surface area contributed by atoms with Crippen LogP contribution in [0.25, 0.3) is 22.2 Å². The van der Waals surface area contributed by atoms with Crippen molar-refractivity contribution in [1.29, 1.82) is 0 Å². The summed E-state index contributed by atoms with van der Waals surface area (Å²) in [6, 6.07) is 14.9. The topological polar surface area (TPSA) is 17.8 Å². The zero-order chi connectivity index (χ0) is 11.8. The van der Waals surface area contributed by atoms with Gasteiger partial charge in [-0.15, -0.1) is 0 Å². The predicted molar refractivity (Wildman–Crippen MR) is 66.1 cm³/mol. The Bertz CT molecular complexity index is 671. The molecule has 0 radical (unpaired) electrons. The van der Waals surface area contributed by atoms with Crippen LogP contribution in [0.1, 0.15) is 0 Å². The number of fused-ring (bicyclic) bond motifs is 1. The van der Waals surface area contributed by atoms with Gasteiger partial charge >= 0.3 is 0 Å². The normalized spacial score (nSPS) is 10.9. The van der Waals surface area contributed by atoms with Gasteiger partial charge in [-0.25, -0.2) is 4.39 Å². The molecule has 3 aromatic rings. The maximum atomic E-state index is 13.7. The van der Waals surface area contributed by atoms with Crippen molar-refractivity contribution < 1.29 is 4.39 Å². The second-order valence-electron chi connectivity index (χ2n) is 3.97. The number of rotatable bonds is 1. The van der Waals surface area contributed by atoms with E-state index in [9.17, 15) is 4.39 Å². The second kappa shape index (κ2) is 3.70. The first-order valence-electron chi connectivity index (χ1n) is 5.44. The molecule has 1 heterocycles. The van der Waals surface area contributed by atoms with Gasteiger partial charge in [0, 0.05) is 18.0 Å². The number of nitrogens with zero attached hydrogens (tertiary/aromatic N) is 2. The molecule has 0 amide bonds. The van der Waals surface area contributed by atoms with Crippen molar-refractivity contribution in [3.63, 3.8) is 0 Å². The van der Waals surface area contributed by atoms with E-state index in [0.29, 0.717) is 5.52 Å². The Morgan fingerprint density at radius 3 is 2.53 bits per heavy atom. The summed E-state index contributed by atoms with van der Waals surface area (Å²) >= 11 is 0. The van der Waals surface area contributed by atoms with Gasteiger partial charge in [0.15, 0.2) is 0 Å². The molecule has 0 N–H and O–H groups in total. The summed E-state index contributed by atoms with van der Waals surface area (Å²) in [5.74, 6) is -0.236. The minimum atomic E-state index is -0.236. The summed E-state index contributed by atoms with van der Waals surface area (Å²) in [6.45, 7) is 0. The predicted octanol–water partition coefficient (Wildman–Crippen LogP) is 3.38. The fourth-order valence-corrected chi connectivity index (χ4v) is 2.10. The number of halogens is 1. The third kappa shape index (κ3) is 1.51. The first-order chi connectivity index (χ1) is 8.27. The number of para-hydroxylation sites is 1. The van der Waals surface area contributed by atoms with Crippen molar-refractivity contribution >= 4 is 10.9 Å². The maximum Gasteiger partial charge on any atom is 0.149 e. The van der Waals surface area contributed by atoms with Crippen molar-refractivity contribution in [1.82, 2.24) is 9.78 Å². The Kier molecular flexibility index (Phi) is 2.18. The van der Waals surface area contributed by atoms with Gasteiger partial charge in [0.1, 0.15) is 17.0 Å². The summed E-state index contributed by atoms with van der Waals surface area (Å²) in [5.41, 5.74) is 2.37. The van der Waals surface area contributed by atoms with E-state index in [0.717, 1.165) is 16.6 Å². The lowest BCUT2D eigenvalue weighted by atomic mass is 10.1. The SMILES string of the molecule is Cn1nc(-c2ccccc2)c2cccc(F)c21. The van der Waals surface area contributed by atoms with E-state index in [1.165, 1.54) is 6.07 Å². The van der Waals surface area contributed by atoms with E-state index < -0.39 is 0 Å². The number of aromatic nitrogens is 2. The molecule has 2 nitrogen and oxygen atoms in total. The van der Waals surface area contributed by atoms with E-state index in [2.05, 4.69) is 5.10 Å². The van der Waals surface area contributed by atoms with Crippen molar-refractivity contribution in [3.05, 3.63) is 54.3 Å². The van der Waals surface area contributed by atoms with Crippen LogP contribution in [0.5, 0.6) is 0 Å². The molecule has 0 fully saturated rings. The summed E-state index contributed by atoms with van der Waals surface area (Å²) in [5, 5.41) is 5.24. The van der Waals surface area contributed by atoms with Gasteiger partial charge in [0.05, 0.1) is 0 Å². The number of hydrogen-bond acceptors (Lipinski definition) is 1. The van der Waals surface area contributed by atoms with Gasteiger partial charge in [0.2, 0.25) is 0 Å². The zero-order valence-corrected chi connectivity index (χ0v) is 9.39. The Hall–Kier alpha value is -2.16. The molecule has 84 valence electrons. The summed E-state index contributed by atoms with van der Waals surface area (Å²) in [7, 11) is 1.76. The van der Waals surface area contributed by atoms with E-state index in [1.807, 2.05) is 36.4 Å². The molecule has 0 aliphatic rings. The molecule has 0 aliphatic carbocycles. The molecule has 0 aliphatic heterocycles. The first-order valence-corrected chi connectivity index (χ1v) is 5.44. The van der Waals surface area contributed by atoms with Crippen LogP contribution in [-0.4, -0.2) is 9.78 Å². The highest BCUT2D eigenvalue weighted by atomic mass is 19.1. The lowest BCUT2D eigenvalue weighted by Gasteiger charge is -1.96. The molecule has 0 unspecified atom stereocenters. The third-order valence-electron chi connectivity index (χ3n) is 2.86. The maximum absolute atomic E-state index is 13.7. The quantitative estimate of drug-likeness (QED) is 0.622. The highest BCUT2D eigenvalue weighted by molar-refractivity contribution is 5.93. The first kappa shape index (κ1) is 10.0. The summed E-state index contributed by atoms with van der Waals surface area (Å²) in [4.78, 5) is 0. The van der Waals surface area contributed by atoms with E-state index in [1.54, 1.807) is 17.8 Å². The van der Waals surface area contributed by atoms with Gasteiger partial charge in [-0.1, -0.05) is 42.5 Å². The zero-order valence-electron chi connectivity index (χ0n) is 9.39. The van der Waals surface area contributed by atoms with Crippen LogP contribution >= 0.6 is 0 Å². The molecule has 3 heteroatoms. The molecular weight excluding hydrogens is 215 g/mol. The van der Waals surface area contributed by atoms with Crippen LogP contribution in [0.4, 0.5) is 4.39 Å². The van der Waals surface area contributed by atoms with Gasteiger partial charge in [-0.2, -0.15) is 5.10 Å². The average Bonchev–Trinajstić information content (AvgIpc) is 2.69. The van der Waals surface area contributed by atoms with Crippen molar-refractivity contribution in [2.45, 2.75) is 0 Å². The van der Waals surface area contributed by atoms with Crippen molar-refractivity contribution in [2.24, 2.45) is 7.05 Å². The molecule has 1 aromatic heterocycles. The lowest BCUT2D eigenvalue weighted by molar-refractivity contribution is 0.626. The molecule has 0 bridgehead atoms. The van der Waals surface area contributed by atoms with Crippen molar-refractivity contribution in [2.75, 3.05) is 0 Å². The highest BCUT2D eigenvalue weighted by Crippen LogP contribution is 2.28. The molecule has 17 heavy (non-hydrogen) atoms. The molecule has 0 saturated heterocycles. The van der Waals surface area contributed by atoms with Crippen molar-refractivity contribution in [3.8, 4) is 11.3 Å².